The summed E-state index contributed by atoms with van der Waals surface area (Å²) in [6.45, 7) is 9.35. The molecule has 1 saturated heterocycles. The lowest BCUT2D eigenvalue weighted by molar-refractivity contribution is 0.0962. The lowest BCUT2D eigenvalue weighted by Crippen LogP contribution is -2.54. The predicted molar refractivity (Wildman–Crippen MR) is 97.3 cm³/mol. The van der Waals surface area contributed by atoms with Crippen LogP contribution in [0.4, 0.5) is 4.79 Å². The van der Waals surface area contributed by atoms with E-state index >= 15 is 0 Å². The Kier molecular flexibility index (Phi) is 5.37. The van der Waals surface area contributed by atoms with Crippen LogP contribution in [0, 0.1) is 0 Å². The van der Waals surface area contributed by atoms with Crippen molar-refractivity contribution in [2.75, 3.05) is 46.9 Å². The van der Waals surface area contributed by atoms with E-state index in [-0.39, 0.29) is 6.03 Å². The molecule has 6 heteroatoms. The molecule has 0 radical (unpaired) electrons. The van der Waals surface area contributed by atoms with Gasteiger partial charge in [-0.1, -0.05) is 0 Å². The van der Waals surface area contributed by atoms with Gasteiger partial charge in [-0.15, -0.1) is 0 Å². The Hall–Kier alpha value is -1.95. The van der Waals surface area contributed by atoms with Crippen molar-refractivity contribution < 1.29 is 14.3 Å². The third-order valence-electron chi connectivity index (χ3n) is 5.30. The van der Waals surface area contributed by atoms with E-state index in [1.807, 2.05) is 21.9 Å². The molecule has 25 heavy (non-hydrogen) atoms. The van der Waals surface area contributed by atoms with Crippen LogP contribution in [0.15, 0.2) is 12.1 Å². The monoisotopic (exact) mass is 347 g/mol. The molecule has 0 aliphatic carbocycles. The van der Waals surface area contributed by atoms with Crippen LogP contribution < -0.4 is 9.47 Å². The van der Waals surface area contributed by atoms with Gasteiger partial charge in [-0.2, -0.15) is 0 Å². The van der Waals surface area contributed by atoms with Gasteiger partial charge in [-0.3, -0.25) is 4.90 Å². The molecular weight excluding hydrogens is 318 g/mol. The number of carbonyl (C=O) groups is 1. The molecule has 0 bridgehead atoms. The lowest BCUT2D eigenvalue weighted by atomic mass is 9.99. The molecular formula is C19H29N3O3. The number of carbonyl (C=O) groups excluding carboxylic acids is 1. The summed E-state index contributed by atoms with van der Waals surface area (Å²) < 4.78 is 10.8. The lowest BCUT2D eigenvalue weighted by Gasteiger charge is -2.40. The third-order valence-corrected chi connectivity index (χ3v) is 5.30. The maximum Gasteiger partial charge on any atom is 0.320 e. The minimum atomic E-state index is 0.156. The maximum atomic E-state index is 12.9. The minimum absolute atomic E-state index is 0.156. The van der Waals surface area contributed by atoms with Gasteiger partial charge in [0.1, 0.15) is 0 Å². The van der Waals surface area contributed by atoms with E-state index < -0.39 is 0 Å². The molecule has 1 aromatic carbocycles. The molecule has 0 aromatic heterocycles. The van der Waals surface area contributed by atoms with E-state index in [1.54, 1.807) is 14.2 Å². The first-order valence-corrected chi connectivity index (χ1v) is 9.05. The summed E-state index contributed by atoms with van der Waals surface area (Å²) >= 11 is 0. The number of fused-ring (bicyclic) bond motifs is 1. The summed E-state index contributed by atoms with van der Waals surface area (Å²) in [7, 11) is 3.30. The van der Waals surface area contributed by atoms with Gasteiger partial charge in [0.25, 0.3) is 0 Å². The highest BCUT2D eigenvalue weighted by molar-refractivity contribution is 5.75. The van der Waals surface area contributed by atoms with Gasteiger partial charge in [0.2, 0.25) is 0 Å². The van der Waals surface area contributed by atoms with Crippen molar-refractivity contribution in [3.63, 3.8) is 0 Å². The number of benzene rings is 1. The van der Waals surface area contributed by atoms with Crippen LogP contribution in [0.3, 0.4) is 0 Å². The Morgan fingerprint density at radius 3 is 2.08 bits per heavy atom. The van der Waals surface area contributed by atoms with Crippen molar-refractivity contribution in [2.45, 2.75) is 32.9 Å². The first-order valence-electron chi connectivity index (χ1n) is 9.05. The molecule has 0 spiro atoms. The molecule has 0 saturated carbocycles. The van der Waals surface area contributed by atoms with Crippen LogP contribution in [0.1, 0.15) is 25.0 Å². The fraction of sp³-hybridized carbons (Fsp3) is 0.632. The molecule has 0 atom stereocenters. The fourth-order valence-corrected chi connectivity index (χ4v) is 3.68. The van der Waals surface area contributed by atoms with Crippen molar-refractivity contribution >= 4 is 6.03 Å². The zero-order valence-corrected chi connectivity index (χ0v) is 15.7. The number of methoxy groups -OCH3 is 2. The average Bonchev–Trinajstić information content (AvgIpc) is 2.65. The van der Waals surface area contributed by atoms with Gasteiger partial charge in [-0.25, -0.2) is 4.79 Å². The predicted octanol–water partition coefficient (Wildman–Crippen LogP) is 2.21. The zero-order valence-electron chi connectivity index (χ0n) is 15.7. The fourth-order valence-electron chi connectivity index (χ4n) is 3.68. The number of hydrogen-bond acceptors (Lipinski definition) is 4. The average molecular weight is 347 g/mol. The summed E-state index contributed by atoms with van der Waals surface area (Å²) in [5.74, 6) is 1.48. The van der Waals surface area contributed by atoms with Gasteiger partial charge in [0.05, 0.1) is 14.2 Å². The van der Waals surface area contributed by atoms with Gasteiger partial charge in [-0.05, 0) is 43.5 Å². The van der Waals surface area contributed by atoms with Crippen LogP contribution in [-0.2, 0) is 13.0 Å². The van der Waals surface area contributed by atoms with Gasteiger partial charge in [0, 0.05) is 45.3 Å². The summed E-state index contributed by atoms with van der Waals surface area (Å²) in [5.41, 5.74) is 2.39. The van der Waals surface area contributed by atoms with Crippen LogP contribution >= 0.6 is 0 Å². The molecule has 2 amide bonds. The molecule has 1 aromatic rings. The number of hydrogen-bond donors (Lipinski definition) is 0. The summed E-state index contributed by atoms with van der Waals surface area (Å²) in [6, 6.07) is 4.74. The standard InChI is InChI=1S/C19H29N3O3/c1-14(2)20-7-9-21(10-8-20)19(23)22-6-5-15-11-17(24-3)18(25-4)12-16(15)13-22/h11-12,14H,5-10,13H2,1-4H3. The summed E-state index contributed by atoms with van der Waals surface area (Å²) in [6.07, 6.45) is 0.855. The second-order valence-electron chi connectivity index (χ2n) is 7.05. The number of amides is 2. The minimum Gasteiger partial charge on any atom is -0.493 e. The first-order chi connectivity index (χ1) is 12.0. The van der Waals surface area contributed by atoms with Crippen molar-refractivity contribution in [3.05, 3.63) is 23.3 Å². The molecule has 6 nitrogen and oxygen atoms in total. The van der Waals surface area contributed by atoms with Gasteiger partial charge < -0.3 is 19.3 Å². The van der Waals surface area contributed by atoms with Crippen LogP contribution in [0.25, 0.3) is 0 Å². The quantitative estimate of drug-likeness (QED) is 0.841. The molecule has 2 aliphatic rings. The van der Waals surface area contributed by atoms with Crippen LogP contribution in [0.2, 0.25) is 0 Å². The normalized spacial score (nSPS) is 18.3. The van der Waals surface area contributed by atoms with Crippen molar-refractivity contribution in [1.82, 2.24) is 14.7 Å². The topological polar surface area (TPSA) is 45.3 Å². The molecule has 0 N–H and O–H groups in total. The Bertz CT molecular complexity index is 625. The number of ether oxygens (including phenoxy) is 2. The molecule has 2 aliphatic heterocycles. The molecule has 138 valence electrons. The Labute approximate surface area is 150 Å². The second kappa shape index (κ2) is 7.52. The van der Waals surface area contributed by atoms with Gasteiger partial charge >= 0.3 is 6.03 Å². The van der Waals surface area contributed by atoms with Crippen molar-refractivity contribution in [3.8, 4) is 11.5 Å². The number of rotatable bonds is 3. The van der Waals surface area contributed by atoms with E-state index in [4.69, 9.17) is 9.47 Å². The second-order valence-corrected chi connectivity index (χ2v) is 7.05. The van der Waals surface area contributed by atoms with Crippen molar-refractivity contribution in [2.24, 2.45) is 0 Å². The van der Waals surface area contributed by atoms with Gasteiger partial charge in [0.15, 0.2) is 11.5 Å². The van der Waals surface area contributed by atoms with E-state index in [9.17, 15) is 4.79 Å². The Morgan fingerprint density at radius 1 is 0.920 bits per heavy atom. The Balaban J connectivity index is 1.67. The highest BCUT2D eigenvalue weighted by Crippen LogP contribution is 2.33. The SMILES string of the molecule is COc1cc2c(cc1OC)CN(C(=O)N1CCN(C(C)C)CC1)CC2. The number of urea groups is 1. The van der Waals surface area contributed by atoms with Crippen LogP contribution in [0.5, 0.6) is 11.5 Å². The molecule has 2 heterocycles. The summed E-state index contributed by atoms with van der Waals surface area (Å²) in [5, 5.41) is 0. The molecule has 3 rings (SSSR count). The molecule has 0 unspecified atom stereocenters. The highest BCUT2D eigenvalue weighted by atomic mass is 16.5. The smallest absolute Gasteiger partial charge is 0.320 e. The van der Waals surface area contributed by atoms with E-state index in [1.165, 1.54) is 5.56 Å². The zero-order chi connectivity index (χ0) is 18.0. The van der Waals surface area contributed by atoms with Crippen LogP contribution in [-0.4, -0.2) is 73.7 Å². The van der Waals surface area contributed by atoms with E-state index in [0.717, 1.165) is 56.2 Å². The highest BCUT2D eigenvalue weighted by Gasteiger charge is 2.29. The first kappa shape index (κ1) is 17.9. The summed E-state index contributed by atoms with van der Waals surface area (Å²) in [4.78, 5) is 19.3. The number of nitrogens with zero attached hydrogens (tertiary/aromatic N) is 3. The largest absolute Gasteiger partial charge is 0.493 e. The molecule has 1 fully saturated rings. The van der Waals surface area contributed by atoms with E-state index in [0.29, 0.717) is 12.6 Å². The maximum absolute atomic E-state index is 12.9. The third kappa shape index (κ3) is 3.68. The Morgan fingerprint density at radius 2 is 1.52 bits per heavy atom. The van der Waals surface area contributed by atoms with E-state index in [2.05, 4.69) is 18.7 Å². The number of piperazine rings is 1. The van der Waals surface area contributed by atoms with Crippen molar-refractivity contribution in [1.29, 1.82) is 0 Å².